The number of carbonyl (C=O) groups is 1. The van der Waals surface area contributed by atoms with Gasteiger partial charge in [-0.3, -0.25) is 19.6 Å². The molecule has 0 aliphatic carbocycles. The number of hydrogen-bond acceptors (Lipinski definition) is 6. The van der Waals surface area contributed by atoms with Gasteiger partial charge in [0.15, 0.2) is 5.16 Å². The molecule has 0 unspecified atom stereocenters. The van der Waals surface area contributed by atoms with Gasteiger partial charge in [-0.05, 0) is 43.7 Å². The number of rotatable bonds is 5. The quantitative estimate of drug-likeness (QED) is 0.395. The van der Waals surface area contributed by atoms with Crippen LogP contribution in [0.2, 0.25) is 0 Å². The van der Waals surface area contributed by atoms with Crippen LogP contribution in [0, 0.1) is 13.8 Å². The number of hydrogen-bond donors (Lipinski definition) is 1. The number of benzene rings is 2. The van der Waals surface area contributed by atoms with Gasteiger partial charge in [0.1, 0.15) is 11.2 Å². The second-order valence-corrected chi connectivity index (χ2v) is 9.41. The zero-order valence-corrected chi connectivity index (χ0v) is 19.0. The topological polar surface area (TPSA) is 81.8 Å². The van der Waals surface area contributed by atoms with Crippen LogP contribution in [0.5, 0.6) is 0 Å². The van der Waals surface area contributed by atoms with Crippen LogP contribution in [-0.2, 0) is 4.79 Å². The number of aromatic nitrogens is 4. The first kappa shape index (κ1) is 20.5. The van der Waals surface area contributed by atoms with Crippen molar-refractivity contribution in [2.24, 2.45) is 0 Å². The lowest BCUT2D eigenvalue weighted by Crippen LogP contribution is -2.34. The van der Waals surface area contributed by atoms with Crippen molar-refractivity contribution in [2.45, 2.75) is 19.0 Å². The number of thiophene rings is 1. The smallest absolute Gasteiger partial charge is 0.281 e. The lowest BCUT2D eigenvalue weighted by atomic mass is 10.2. The minimum absolute atomic E-state index is 0.0995. The van der Waals surface area contributed by atoms with Gasteiger partial charge >= 0.3 is 0 Å². The van der Waals surface area contributed by atoms with E-state index in [0.29, 0.717) is 15.4 Å². The van der Waals surface area contributed by atoms with Crippen molar-refractivity contribution in [3.05, 3.63) is 81.7 Å². The van der Waals surface area contributed by atoms with E-state index in [1.165, 1.54) is 29.4 Å². The van der Waals surface area contributed by atoms with Crippen molar-refractivity contribution < 1.29 is 4.79 Å². The summed E-state index contributed by atoms with van der Waals surface area (Å²) in [4.78, 5) is 36.2. The van der Waals surface area contributed by atoms with E-state index in [2.05, 4.69) is 10.4 Å². The molecule has 0 atom stereocenters. The number of para-hydroxylation sites is 3. The Morgan fingerprint density at radius 2 is 1.84 bits per heavy atom. The normalized spacial score (nSPS) is 11.3. The van der Waals surface area contributed by atoms with Crippen molar-refractivity contribution in [3.8, 4) is 5.69 Å². The van der Waals surface area contributed by atoms with Crippen molar-refractivity contribution in [1.29, 1.82) is 0 Å². The molecule has 9 heteroatoms. The minimum Gasteiger partial charge on any atom is -0.287 e. The average molecular weight is 462 g/mol. The number of amides is 1. The van der Waals surface area contributed by atoms with Crippen LogP contribution in [0.3, 0.4) is 0 Å². The first-order valence-corrected chi connectivity index (χ1v) is 11.8. The molecule has 0 saturated carbocycles. The molecule has 0 aliphatic rings. The molecular formula is C23H19N5O2S2. The molecular weight excluding hydrogens is 442 g/mol. The summed E-state index contributed by atoms with van der Waals surface area (Å²) in [7, 11) is 0. The van der Waals surface area contributed by atoms with E-state index < -0.39 is 0 Å². The minimum atomic E-state index is -0.311. The second-order valence-electron chi connectivity index (χ2n) is 7.26. The maximum Gasteiger partial charge on any atom is 0.281 e. The summed E-state index contributed by atoms with van der Waals surface area (Å²) in [6.45, 7) is 3.85. The highest BCUT2D eigenvalue weighted by molar-refractivity contribution is 7.99. The highest BCUT2D eigenvalue weighted by Gasteiger charge is 2.16. The van der Waals surface area contributed by atoms with Crippen molar-refractivity contribution >= 4 is 50.3 Å². The second kappa shape index (κ2) is 8.25. The van der Waals surface area contributed by atoms with Gasteiger partial charge in [-0.25, -0.2) is 14.6 Å². The molecule has 0 bridgehead atoms. The summed E-state index contributed by atoms with van der Waals surface area (Å²) in [5.41, 5.74) is 6.07. The Kier molecular flexibility index (Phi) is 5.28. The molecule has 5 aromatic rings. The molecule has 1 amide bonds. The van der Waals surface area contributed by atoms with Crippen LogP contribution < -0.4 is 11.0 Å². The molecule has 0 fully saturated rings. The highest BCUT2D eigenvalue weighted by atomic mass is 32.2. The number of carbonyl (C=O) groups excluding carboxylic acids is 1. The van der Waals surface area contributed by atoms with Crippen LogP contribution >= 0.6 is 23.1 Å². The van der Waals surface area contributed by atoms with Gasteiger partial charge in [-0.1, -0.05) is 42.1 Å². The van der Waals surface area contributed by atoms with Crippen molar-refractivity contribution in [3.63, 3.8) is 0 Å². The van der Waals surface area contributed by atoms with E-state index >= 15 is 0 Å². The van der Waals surface area contributed by atoms with Crippen molar-refractivity contribution in [2.75, 3.05) is 11.2 Å². The summed E-state index contributed by atoms with van der Waals surface area (Å²) in [5, 5.41) is 1.26. The summed E-state index contributed by atoms with van der Waals surface area (Å²) in [6, 6.07) is 17.8. The summed E-state index contributed by atoms with van der Waals surface area (Å²) in [5.74, 6) is -0.211. The van der Waals surface area contributed by atoms with Crippen LogP contribution in [0.25, 0.3) is 26.9 Å². The molecule has 0 aliphatic heterocycles. The molecule has 0 radical (unpaired) electrons. The van der Waals surface area contributed by atoms with E-state index in [1.54, 1.807) is 0 Å². The maximum atomic E-state index is 12.8. The predicted molar refractivity (Wildman–Crippen MR) is 130 cm³/mol. The molecule has 2 aromatic carbocycles. The first-order chi connectivity index (χ1) is 15.5. The van der Waals surface area contributed by atoms with E-state index in [-0.39, 0.29) is 17.2 Å². The van der Waals surface area contributed by atoms with Gasteiger partial charge in [-0.2, -0.15) is 0 Å². The Labute approximate surface area is 191 Å². The van der Waals surface area contributed by atoms with E-state index in [4.69, 9.17) is 4.98 Å². The van der Waals surface area contributed by atoms with Gasteiger partial charge in [-0.15, -0.1) is 11.3 Å². The number of fused-ring (bicyclic) bond motifs is 2. The van der Waals surface area contributed by atoms with Gasteiger partial charge in [0.05, 0.1) is 22.2 Å². The standard InChI is InChI=1S/C23H19N5O2S2/c1-14-15(2)32-21-20(14)22(30)27(13-24-21)26-19(29)12-31-23-25-17-10-6-7-11-18(17)28(23)16-8-4-3-5-9-16/h3-11,13H,12H2,1-2H3,(H,26,29). The fourth-order valence-electron chi connectivity index (χ4n) is 3.54. The van der Waals surface area contributed by atoms with Crippen LogP contribution in [0.15, 0.2) is 70.9 Å². The average Bonchev–Trinajstić information content (AvgIpc) is 3.32. The zero-order valence-electron chi connectivity index (χ0n) is 17.4. The van der Waals surface area contributed by atoms with Crippen LogP contribution in [0.1, 0.15) is 10.4 Å². The van der Waals surface area contributed by atoms with Crippen LogP contribution in [-0.4, -0.2) is 30.9 Å². The monoisotopic (exact) mass is 461 g/mol. The van der Waals surface area contributed by atoms with Crippen LogP contribution in [0.4, 0.5) is 0 Å². The predicted octanol–water partition coefficient (Wildman–Crippen LogP) is 4.28. The summed E-state index contributed by atoms with van der Waals surface area (Å²) < 4.78 is 3.19. The van der Waals surface area contributed by atoms with E-state index in [1.807, 2.05) is 73.0 Å². The maximum absolute atomic E-state index is 12.8. The lowest BCUT2D eigenvalue weighted by Gasteiger charge is -2.10. The largest absolute Gasteiger partial charge is 0.287 e. The zero-order chi connectivity index (χ0) is 22.2. The Morgan fingerprint density at radius 1 is 1.09 bits per heavy atom. The Bertz CT molecular complexity index is 1520. The molecule has 32 heavy (non-hydrogen) atoms. The molecule has 3 aromatic heterocycles. The molecule has 1 N–H and O–H groups in total. The fourth-order valence-corrected chi connectivity index (χ4v) is 5.35. The fraction of sp³-hybridized carbons (Fsp3) is 0.130. The molecule has 0 spiro atoms. The van der Waals surface area contributed by atoms with Gasteiger partial charge in [0, 0.05) is 10.6 Å². The third kappa shape index (κ3) is 3.59. The van der Waals surface area contributed by atoms with Gasteiger partial charge in [0.2, 0.25) is 5.91 Å². The van der Waals surface area contributed by atoms with E-state index in [0.717, 1.165) is 31.8 Å². The lowest BCUT2D eigenvalue weighted by molar-refractivity contribution is -0.114. The molecule has 0 saturated heterocycles. The van der Waals surface area contributed by atoms with Gasteiger partial charge < -0.3 is 0 Å². The SMILES string of the molecule is Cc1sc2ncn(NC(=O)CSc3nc4ccccc4n3-c3ccccc3)c(=O)c2c1C. The Hall–Kier alpha value is -3.43. The first-order valence-electron chi connectivity index (χ1n) is 9.96. The Morgan fingerprint density at radius 3 is 2.66 bits per heavy atom. The third-order valence-electron chi connectivity index (χ3n) is 5.21. The van der Waals surface area contributed by atoms with Gasteiger partial charge in [0.25, 0.3) is 5.56 Å². The molecule has 7 nitrogen and oxygen atoms in total. The molecule has 160 valence electrons. The number of imidazole rings is 1. The summed E-state index contributed by atoms with van der Waals surface area (Å²) >= 11 is 2.80. The number of thioether (sulfide) groups is 1. The Balaban J connectivity index is 1.40. The number of nitrogens with zero attached hydrogens (tertiary/aromatic N) is 4. The highest BCUT2D eigenvalue weighted by Crippen LogP contribution is 2.28. The van der Waals surface area contributed by atoms with Crippen molar-refractivity contribution in [1.82, 2.24) is 19.2 Å². The number of nitrogens with one attached hydrogen (secondary N) is 1. The molecule has 5 rings (SSSR count). The summed E-state index contributed by atoms with van der Waals surface area (Å²) in [6.07, 6.45) is 1.36. The third-order valence-corrected chi connectivity index (χ3v) is 7.27. The number of aryl methyl sites for hydroxylation is 2. The molecule has 3 heterocycles. The van der Waals surface area contributed by atoms with E-state index in [9.17, 15) is 9.59 Å².